The third-order valence-corrected chi connectivity index (χ3v) is 8.15. The standard InChI is InChI=1S/C29H21ClF3N3O6S/c1-14-34-26(30)12-36(14)22-6-4-16(18-9-21(31)20(13-37)25(11-18)43(3,38)39)8-19(22)27-28(40-15(2)35-27)17-5-7-23-24(10-17)42-29(32,33)41-23/h4-12,37H,13H2,1-3H3. The van der Waals surface area contributed by atoms with Crippen LogP contribution in [0.25, 0.3) is 39.4 Å². The Morgan fingerprint density at radius 2 is 1.70 bits per heavy atom. The molecule has 5 aromatic rings. The van der Waals surface area contributed by atoms with Crippen molar-refractivity contribution in [2.45, 2.75) is 31.6 Å². The van der Waals surface area contributed by atoms with Crippen LogP contribution in [0, 0.1) is 19.7 Å². The zero-order chi connectivity index (χ0) is 30.8. The van der Waals surface area contributed by atoms with Gasteiger partial charge in [0.1, 0.15) is 22.5 Å². The molecule has 3 heterocycles. The van der Waals surface area contributed by atoms with Gasteiger partial charge in [-0.3, -0.25) is 0 Å². The van der Waals surface area contributed by atoms with Crippen molar-refractivity contribution in [2.24, 2.45) is 0 Å². The Hall–Kier alpha value is -4.33. The summed E-state index contributed by atoms with van der Waals surface area (Å²) in [6.07, 6.45) is -1.30. The van der Waals surface area contributed by atoms with E-state index in [2.05, 4.69) is 19.4 Å². The van der Waals surface area contributed by atoms with E-state index in [1.807, 2.05) is 0 Å². The number of ether oxygens (including phenoxy) is 2. The van der Waals surface area contributed by atoms with Crippen molar-refractivity contribution in [3.05, 3.63) is 83.0 Å². The number of nitrogens with zero attached hydrogens (tertiary/aromatic N) is 3. The zero-order valence-electron chi connectivity index (χ0n) is 22.7. The molecule has 0 fully saturated rings. The van der Waals surface area contributed by atoms with Crippen LogP contribution in [-0.2, 0) is 16.4 Å². The minimum Gasteiger partial charge on any atom is -0.440 e. The number of oxazole rings is 1. The van der Waals surface area contributed by atoms with Crippen LogP contribution in [-0.4, -0.2) is 40.6 Å². The van der Waals surface area contributed by atoms with Crippen molar-refractivity contribution in [1.29, 1.82) is 0 Å². The maximum absolute atomic E-state index is 15.0. The first kappa shape index (κ1) is 28.8. The van der Waals surface area contributed by atoms with Gasteiger partial charge in [-0.25, -0.2) is 22.8 Å². The number of aryl methyl sites for hydroxylation is 2. The largest absolute Gasteiger partial charge is 0.586 e. The van der Waals surface area contributed by atoms with Crippen molar-refractivity contribution >= 4 is 21.4 Å². The molecule has 0 atom stereocenters. The number of fused-ring (bicyclic) bond motifs is 1. The van der Waals surface area contributed by atoms with Gasteiger partial charge in [0.15, 0.2) is 33.0 Å². The van der Waals surface area contributed by atoms with E-state index in [9.17, 15) is 22.3 Å². The van der Waals surface area contributed by atoms with Crippen molar-refractivity contribution in [1.82, 2.24) is 14.5 Å². The summed E-state index contributed by atoms with van der Waals surface area (Å²) < 4.78 is 84.1. The second kappa shape index (κ2) is 10.1. The van der Waals surface area contributed by atoms with Gasteiger partial charge in [-0.05, 0) is 60.5 Å². The molecule has 1 N–H and O–H groups in total. The first-order chi connectivity index (χ1) is 20.2. The summed E-state index contributed by atoms with van der Waals surface area (Å²) in [5.74, 6) is -0.237. The molecule has 0 unspecified atom stereocenters. The topological polar surface area (TPSA) is 117 Å². The highest BCUT2D eigenvalue weighted by Gasteiger charge is 2.43. The Bertz CT molecular complexity index is 2040. The van der Waals surface area contributed by atoms with Crippen LogP contribution in [0.5, 0.6) is 11.5 Å². The van der Waals surface area contributed by atoms with Gasteiger partial charge in [0, 0.05) is 36.1 Å². The summed E-state index contributed by atoms with van der Waals surface area (Å²) in [6.45, 7) is 2.54. The summed E-state index contributed by atoms with van der Waals surface area (Å²) in [5, 5.41) is 9.86. The van der Waals surface area contributed by atoms with Crippen molar-refractivity contribution in [3.63, 3.8) is 0 Å². The summed E-state index contributed by atoms with van der Waals surface area (Å²) >= 11 is 6.18. The van der Waals surface area contributed by atoms with E-state index in [4.69, 9.17) is 16.0 Å². The molecule has 0 aliphatic carbocycles. The van der Waals surface area contributed by atoms with E-state index < -0.39 is 28.6 Å². The maximum Gasteiger partial charge on any atom is 0.586 e. The highest BCUT2D eigenvalue weighted by Crippen LogP contribution is 2.45. The van der Waals surface area contributed by atoms with Crippen LogP contribution in [0.15, 0.2) is 64.0 Å². The van der Waals surface area contributed by atoms with Crippen LogP contribution in [0.3, 0.4) is 0 Å². The number of aliphatic hydroxyl groups is 1. The smallest absolute Gasteiger partial charge is 0.440 e. The summed E-state index contributed by atoms with van der Waals surface area (Å²) in [6, 6.07) is 11.6. The quantitative estimate of drug-likeness (QED) is 0.226. The molecule has 43 heavy (non-hydrogen) atoms. The molecule has 222 valence electrons. The number of hydrogen-bond donors (Lipinski definition) is 1. The lowest BCUT2D eigenvalue weighted by Gasteiger charge is -2.15. The number of halogens is 4. The maximum atomic E-state index is 15.0. The SMILES string of the molecule is Cc1nc(-c2cc(-c3cc(F)c(CO)c(S(C)(=O)=O)c3)ccc2-n2cc(Cl)nc2C)c(-c2ccc3c(c2)OC(F)(F)O3)o1. The second-order valence-corrected chi connectivity index (χ2v) is 12.2. The molecule has 0 amide bonds. The lowest BCUT2D eigenvalue weighted by Crippen LogP contribution is -2.25. The highest BCUT2D eigenvalue weighted by molar-refractivity contribution is 7.90. The number of benzene rings is 3. The van der Waals surface area contributed by atoms with E-state index >= 15 is 4.39 Å². The number of rotatable bonds is 6. The molecule has 1 aliphatic heterocycles. The molecule has 0 saturated heterocycles. The van der Waals surface area contributed by atoms with Gasteiger partial charge in [0.2, 0.25) is 0 Å². The van der Waals surface area contributed by atoms with Gasteiger partial charge in [-0.15, -0.1) is 8.78 Å². The molecular weight excluding hydrogens is 611 g/mol. The van der Waals surface area contributed by atoms with Crippen LogP contribution >= 0.6 is 11.6 Å². The molecule has 0 radical (unpaired) electrons. The van der Waals surface area contributed by atoms with Crippen LogP contribution < -0.4 is 9.47 Å². The molecule has 9 nitrogen and oxygen atoms in total. The van der Waals surface area contributed by atoms with Crippen LogP contribution in [0.1, 0.15) is 17.3 Å². The van der Waals surface area contributed by atoms with Gasteiger partial charge in [0.05, 0.1) is 17.2 Å². The van der Waals surface area contributed by atoms with Gasteiger partial charge in [0.25, 0.3) is 0 Å². The number of imidazole rings is 1. The Kier molecular flexibility index (Phi) is 6.79. The van der Waals surface area contributed by atoms with Crippen molar-refractivity contribution in [2.75, 3.05) is 6.26 Å². The zero-order valence-corrected chi connectivity index (χ0v) is 24.2. The molecule has 3 aromatic carbocycles. The molecule has 2 aromatic heterocycles. The highest BCUT2D eigenvalue weighted by atomic mass is 35.5. The Labute approximate surface area is 248 Å². The van der Waals surface area contributed by atoms with Crippen LogP contribution in [0.4, 0.5) is 13.2 Å². The van der Waals surface area contributed by atoms with Gasteiger partial charge >= 0.3 is 6.29 Å². The minimum absolute atomic E-state index is 0.145. The van der Waals surface area contributed by atoms with Gasteiger partial charge in [-0.1, -0.05) is 17.7 Å². The summed E-state index contributed by atoms with van der Waals surface area (Å²) in [7, 11) is -3.90. The predicted octanol–water partition coefficient (Wildman–Crippen LogP) is 6.49. The first-order valence-corrected chi connectivity index (χ1v) is 14.9. The minimum atomic E-state index is -3.90. The normalized spacial score (nSPS) is 14.0. The predicted molar refractivity (Wildman–Crippen MR) is 150 cm³/mol. The van der Waals surface area contributed by atoms with Crippen molar-refractivity contribution in [3.8, 4) is 50.9 Å². The monoisotopic (exact) mass is 631 g/mol. The molecule has 1 aliphatic rings. The number of alkyl halides is 2. The summed E-state index contributed by atoms with van der Waals surface area (Å²) in [4.78, 5) is 8.49. The number of hydrogen-bond acceptors (Lipinski definition) is 8. The molecule has 0 bridgehead atoms. The molecule has 6 rings (SSSR count). The Balaban J connectivity index is 1.58. The average Bonchev–Trinajstić information content (AvgIpc) is 3.58. The van der Waals surface area contributed by atoms with Crippen molar-refractivity contribution < 1.29 is 40.6 Å². The molecular formula is C29H21ClF3N3O6S. The lowest BCUT2D eigenvalue weighted by atomic mass is 9.97. The Morgan fingerprint density at radius 1 is 0.977 bits per heavy atom. The van der Waals surface area contributed by atoms with E-state index in [1.165, 1.54) is 24.3 Å². The van der Waals surface area contributed by atoms with E-state index in [0.717, 1.165) is 12.3 Å². The fraction of sp³-hybridized carbons (Fsp3) is 0.172. The van der Waals surface area contributed by atoms with E-state index in [-0.39, 0.29) is 44.3 Å². The van der Waals surface area contributed by atoms with Gasteiger partial charge < -0.3 is 23.6 Å². The fourth-order valence-electron chi connectivity index (χ4n) is 4.95. The first-order valence-electron chi connectivity index (χ1n) is 12.6. The molecule has 0 spiro atoms. The average molecular weight is 632 g/mol. The molecule has 14 heteroatoms. The molecule has 0 saturated carbocycles. The fourth-order valence-corrected chi connectivity index (χ4v) is 6.12. The summed E-state index contributed by atoms with van der Waals surface area (Å²) in [5.41, 5.74) is 1.92. The second-order valence-electron chi connectivity index (χ2n) is 9.82. The third kappa shape index (κ3) is 5.24. The van der Waals surface area contributed by atoms with E-state index in [1.54, 1.807) is 42.8 Å². The number of sulfone groups is 1. The third-order valence-electron chi connectivity index (χ3n) is 6.81. The number of aromatic nitrogens is 3. The Morgan fingerprint density at radius 3 is 2.37 bits per heavy atom. The van der Waals surface area contributed by atoms with Crippen LogP contribution in [0.2, 0.25) is 5.15 Å². The van der Waals surface area contributed by atoms with Gasteiger partial charge in [-0.2, -0.15) is 0 Å². The number of aliphatic hydroxyl groups excluding tert-OH is 1. The lowest BCUT2D eigenvalue weighted by molar-refractivity contribution is -0.286. The van der Waals surface area contributed by atoms with E-state index in [0.29, 0.717) is 33.9 Å².